The minimum atomic E-state index is -0.258. The van der Waals surface area contributed by atoms with E-state index < -0.39 is 0 Å². The van der Waals surface area contributed by atoms with Crippen LogP contribution in [0.2, 0.25) is 0 Å². The van der Waals surface area contributed by atoms with Gasteiger partial charge in [-0.05, 0) is 33.2 Å². The van der Waals surface area contributed by atoms with Crippen molar-refractivity contribution in [3.05, 3.63) is 12.3 Å². The molecule has 5 heteroatoms. The van der Waals surface area contributed by atoms with Crippen LogP contribution in [0, 0.1) is 5.41 Å². The molecule has 2 rings (SSSR count). The van der Waals surface area contributed by atoms with Crippen LogP contribution in [0.15, 0.2) is 12.3 Å². The first-order valence-corrected chi connectivity index (χ1v) is 6.65. The zero-order chi connectivity index (χ0) is 13.2. The lowest BCUT2D eigenvalue weighted by Crippen LogP contribution is -2.38. The molecule has 1 aliphatic rings. The van der Waals surface area contributed by atoms with Gasteiger partial charge in [0, 0.05) is 18.7 Å². The second-order valence-electron chi connectivity index (χ2n) is 5.27. The van der Waals surface area contributed by atoms with Gasteiger partial charge in [-0.25, -0.2) is 4.68 Å². The van der Waals surface area contributed by atoms with Gasteiger partial charge in [-0.15, -0.1) is 0 Å². The summed E-state index contributed by atoms with van der Waals surface area (Å²) in [5.74, 6) is 0.895. The van der Waals surface area contributed by atoms with Crippen molar-refractivity contribution in [3.8, 4) is 0 Å². The van der Waals surface area contributed by atoms with E-state index in [0.717, 1.165) is 31.7 Å². The summed E-state index contributed by atoms with van der Waals surface area (Å²) in [6.45, 7) is 7.87. The molecule has 1 unspecified atom stereocenters. The van der Waals surface area contributed by atoms with Crippen LogP contribution in [0.25, 0.3) is 0 Å². The predicted molar refractivity (Wildman–Crippen MR) is 71.5 cm³/mol. The summed E-state index contributed by atoms with van der Waals surface area (Å²) in [5.41, 5.74) is -0.258. The molecule has 2 heterocycles. The van der Waals surface area contributed by atoms with Crippen LogP contribution >= 0.6 is 0 Å². The Labute approximate surface area is 108 Å². The molecule has 100 valence electrons. The SMILES string of the molecule is CCC1(C(=O)Nc2ccnn2C(C)C)CCNC1. The predicted octanol–water partition coefficient (Wildman–Crippen LogP) is 1.79. The van der Waals surface area contributed by atoms with Gasteiger partial charge in [-0.3, -0.25) is 4.79 Å². The van der Waals surface area contributed by atoms with Crippen LogP contribution in [0.5, 0.6) is 0 Å². The third-order valence-electron chi connectivity index (χ3n) is 3.80. The summed E-state index contributed by atoms with van der Waals surface area (Å²) in [6, 6.07) is 2.10. The Hall–Kier alpha value is -1.36. The highest BCUT2D eigenvalue weighted by Gasteiger charge is 2.39. The van der Waals surface area contributed by atoms with Gasteiger partial charge in [0.25, 0.3) is 0 Å². The first-order valence-electron chi connectivity index (χ1n) is 6.65. The summed E-state index contributed by atoms with van der Waals surface area (Å²) in [7, 11) is 0. The van der Waals surface area contributed by atoms with Gasteiger partial charge in [0.2, 0.25) is 5.91 Å². The van der Waals surface area contributed by atoms with Crippen molar-refractivity contribution < 1.29 is 4.79 Å². The number of amides is 1. The number of rotatable bonds is 4. The molecule has 1 atom stereocenters. The van der Waals surface area contributed by atoms with E-state index in [1.165, 1.54) is 0 Å². The topological polar surface area (TPSA) is 59.0 Å². The third-order valence-corrected chi connectivity index (χ3v) is 3.80. The molecule has 0 spiro atoms. The van der Waals surface area contributed by atoms with Crippen LogP contribution in [-0.2, 0) is 4.79 Å². The van der Waals surface area contributed by atoms with Crippen molar-refractivity contribution in [2.75, 3.05) is 18.4 Å². The molecule has 1 fully saturated rings. The molecule has 1 saturated heterocycles. The van der Waals surface area contributed by atoms with Gasteiger partial charge in [0.15, 0.2) is 0 Å². The Kier molecular flexibility index (Phi) is 3.71. The van der Waals surface area contributed by atoms with Crippen LogP contribution < -0.4 is 10.6 Å². The summed E-state index contributed by atoms with van der Waals surface area (Å²) in [4.78, 5) is 12.4. The minimum Gasteiger partial charge on any atom is -0.316 e. The fraction of sp³-hybridized carbons (Fsp3) is 0.692. The van der Waals surface area contributed by atoms with Crippen molar-refractivity contribution in [1.29, 1.82) is 0 Å². The Morgan fingerprint density at radius 1 is 1.67 bits per heavy atom. The van der Waals surface area contributed by atoms with Gasteiger partial charge < -0.3 is 10.6 Å². The molecule has 0 aliphatic carbocycles. The van der Waals surface area contributed by atoms with E-state index in [-0.39, 0.29) is 17.4 Å². The van der Waals surface area contributed by atoms with Crippen molar-refractivity contribution in [2.24, 2.45) is 5.41 Å². The molecule has 18 heavy (non-hydrogen) atoms. The fourth-order valence-electron chi connectivity index (χ4n) is 2.47. The molecule has 1 aromatic heterocycles. The van der Waals surface area contributed by atoms with Crippen LogP contribution in [-0.4, -0.2) is 28.8 Å². The number of hydrogen-bond acceptors (Lipinski definition) is 3. The minimum absolute atomic E-state index is 0.109. The Morgan fingerprint density at radius 2 is 2.44 bits per heavy atom. The normalized spacial score (nSPS) is 23.6. The van der Waals surface area contributed by atoms with E-state index in [4.69, 9.17) is 0 Å². The van der Waals surface area contributed by atoms with Gasteiger partial charge in [-0.2, -0.15) is 5.10 Å². The van der Waals surface area contributed by atoms with Gasteiger partial charge in [0.05, 0.1) is 11.6 Å². The number of anilines is 1. The molecule has 0 bridgehead atoms. The number of nitrogens with zero attached hydrogens (tertiary/aromatic N) is 2. The number of aromatic nitrogens is 2. The van der Waals surface area contributed by atoms with Crippen LogP contribution in [0.1, 0.15) is 39.7 Å². The number of carbonyl (C=O) groups excluding carboxylic acids is 1. The van der Waals surface area contributed by atoms with E-state index in [1.807, 2.05) is 10.7 Å². The van der Waals surface area contributed by atoms with Crippen molar-refractivity contribution >= 4 is 11.7 Å². The molecule has 0 aromatic carbocycles. The summed E-state index contributed by atoms with van der Waals surface area (Å²) in [6.07, 6.45) is 3.49. The average molecular weight is 250 g/mol. The van der Waals surface area contributed by atoms with Gasteiger partial charge in [0.1, 0.15) is 5.82 Å². The Morgan fingerprint density at radius 3 is 3.00 bits per heavy atom. The Balaban J connectivity index is 2.13. The Bertz CT molecular complexity index is 418. The molecular formula is C13H22N4O. The van der Waals surface area contributed by atoms with Crippen LogP contribution in [0.4, 0.5) is 5.82 Å². The van der Waals surface area contributed by atoms with E-state index in [0.29, 0.717) is 0 Å². The smallest absolute Gasteiger partial charge is 0.233 e. The van der Waals surface area contributed by atoms with Crippen LogP contribution in [0.3, 0.4) is 0 Å². The van der Waals surface area contributed by atoms with Crippen molar-refractivity contribution in [2.45, 2.75) is 39.7 Å². The zero-order valence-corrected chi connectivity index (χ0v) is 11.4. The maximum atomic E-state index is 12.4. The quantitative estimate of drug-likeness (QED) is 0.856. The zero-order valence-electron chi connectivity index (χ0n) is 11.4. The second-order valence-corrected chi connectivity index (χ2v) is 5.27. The van der Waals surface area contributed by atoms with Crippen molar-refractivity contribution in [1.82, 2.24) is 15.1 Å². The van der Waals surface area contributed by atoms with E-state index in [2.05, 4.69) is 36.5 Å². The molecule has 0 radical (unpaired) electrons. The fourth-order valence-corrected chi connectivity index (χ4v) is 2.47. The molecule has 1 aromatic rings. The third kappa shape index (κ3) is 2.27. The highest BCUT2D eigenvalue weighted by molar-refractivity contribution is 5.95. The standard InChI is InChI=1S/C13H22N4O/c1-4-13(6-8-14-9-13)12(18)16-11-5-7-15-17(11)10(2)3/h5,7,10,14H,4,6,8-9H2,1-3H3,(H,16,18). The molecule has 1 aliphatic heterocycles. The summed E-state index contributed by atoms with van der Waals surface area (Å²) in [5, 5.41) is 10.5. The van der Waals surface area contributed by atoms with Crippen molar-refractivity contribution in [3.63, 3.8) is 0 Å². The molecule has 1 amide bonds. The maximum Gasteiger partial charge on any atom is 0.233 e. The van der Waals surface area contributed by atoms with Gasteiger partial charge >= 0.3 is 0 Å². The first-order chi connectivity index (χ1) is 8.59. The summed E-state index contributed by atoms with van der Waals surface area (Å²) >= 11 is 0. The largest absolute Gasteiger partial charge is 0.316 e. The van der Waals surface area contributed by atoms with Gasteiger partial charge in [-0.1, -0.05) is 6.92 Å². The highest BCUT2D eigenvalue weighted by Crippen LogP contribution is 2.31. The van der Waals surface area contributed by atoms with E-state index >= 15 is 0 Å². The summed E-state index contributed by atoms with van der Waals surface area (Å²) < 4.78 is 1.84. The lowest BCUT2D eigenvalue weighted by Gasteiger charge is -2.25. The number of hydrogen-bond donors (Lipinski definition) is 2. The number of nitrogens with one attached hydrogen (secondary N) is 2. The van der Waals surface area contributed by atoms with E-state index in [1.54, 1.807) is 6.20 Å². The second kappa shape index (κ2) is 5.10. The average Bonchev–Trinajstić information content (AvgIpc) is 2.97. The molecule has 0 saturated carbocycles. The highest BCUT2D eigenvalue weighted by atomic mass is 16.2. The maximum absolute atomic E-state index is 12.4. The number of carbonyl (C=O) groups is 1. The molecule has 2 N–H and O–H groups in total. The van der Waals surface area contributed by atoms with E-state index in [9.17, 15) is 4.79 Å². The molecule has 5 nitrogen and oxygen atoms in total. The monoisotopic (exact) mass is 250 g/mol. The lowest BCUT2D eigenvalue weighted by molar-refractivity contribution is -0.124. The first kappa shape index (κ1) is 13.1. The molecular weight excluding hydrogens is 228 g/mol. The lowest BCUT2D eigenvalue weighted by atomic mass is 9.83.